The van der Waals surface area contributed by atoms with Gasteiger partial charge in [-0.1, -0.05) is 26.0 Å². The maximum absolute atomic E-state index is 11.9. The van der Waals surface area contributed by atoms with Crippen molar-refractivity contribution in [2.45, 2.75) is 25.2 Å². The number of methoxy groups -OCH3 is 1. The van der Waals surface area contributed by atoms with Crippen molar-refractivity contribution < 1.29 is 13.2 Å². The highest BCUT2D eigenvalue weighted by atomic mass is 32.2. The van der Waals surface area contributed by atoms with E-state index in [1.165, 1.54) is 7.11 Å². The van der Waals surface area contributed by atoms with Crippen LogP contribution in [0.5, 0.6) is 0 Å². The summed E-state index contributed by atoms with van der Waals surface area (Å²) in [4.78, 5) is 0.297. The first-order valence-corrected chi connectivity index (χ1v) is 7.51. The van der Waals surface area contributed by atoms with Crippen molar-refractivity contribution in [3.8, 4) is 0 Å². The quantitative estimate of drug-likeness (QED) is 0.770. The van der Waals surface area contributed by atoms with Crippen LogP contribution in [-0.4, -0.2) is 28.7 Å². The van der Waals surface area contributed by atoms with Gasteiger partial charge in [0.1, 0.15) is 0 Å². The number of hydrogen-bond acceptors (Lipinski definition) is 3. The molecule has 102 valence electrons. The Hall–Kier alpha value is -0.910. The van der Waals surface area contributed by atoms with E-state index in [0.717, 1.165) is 12.0 Å². The largest absolute Gasteiger partial charge is 0.383 e. The average Bonchev–Trinajstić information content (AvgIpc) is 2.29. The molecule has 0 bridgehead atoms. The summed E-state index contributed by atoms with van der Waals surface area (Å²) in [5.74, 6) is 0.562. The van der Waals surface area contributed by atoms with E-state index < -0.39 is 10.0 Å². The fourth-order valence-corrected chi connectivity index (χ4v) is 2.65. The molecule has 0 radical (unpaired) electrons. The lowest BCUT2D eigenvalue weighted by atomic mass is 10.0. The van der Waals surface area contributed by atoms with Crippen LogP contribution in [0.25, 0.3) is 0 Å². The summed E-state index contributed by atoms with van der Waals surface area (Å²) in [6.45, 7) is 4.92. The molecular formula is C13H21NO3S. The molecule has 0 aliphatic heterocycles. The van der Waals surface area contributed by atoms with E-state index in [1.54, 1.807) is 12.1 Å². The maximum Gasteiger partial charge on any atom is 0.240 e. The van der Waals surface area contributed by atoms with Crippen molar-refractivity contribution in [2.24, 2.45) is 5.92 Å². The van der Waals surface area contributed by atoms with Gasteiger partial charge in [-0.3, -0.25) is 0 Å². The predicted molar refractivity (Wildman–Crippen MR) is 72.0 cm³/mol. The lowest BCUT2D eigenvalue weighted by Crippen LogP contribution is -2.27. The standard InChI is InChI=1S/C13H21NO3S/c1-11(2)10-12-4-6-13(7-5-12)18(15,16)14-8-9-17-3/h4-7,11,14H,8-10H2,1-3H3. The highest BCUT2D eigenvalue weighted by Crippen LogP contribution is 2.13. The number of benzene rings is 1. The van der Waals surface area contributed by atoms with Crippen LogP contribution in [0.3, 0.4) is 0 Å². The first-order valence-electron chi connectivity index (χ1n) is 6.03. The summed E-state index contributed by atoms with van der Waals surface area (Å²) in [5.41, 5.74) is 1.15. The second kappa shape index (κ2) is 6.87. The van der Waals surface area contributed by atoms with Gasteiger partial charge in [-0.15, -0.1) is 0 Å². The molecule has 5 heteroatoms. The van der Waals surface area contributed by atoms with Crippen LogP contribution in [0.15, 0.2) is 29.2 Å². The van der Waals surface area contributed by atoms with Crippen LogP contribution in [0, 0.1) is 5.92 Å². The first kappa shape index (κ1) is 15.1. The fraction of sp³-hybridized carbons (Fsp3) is 0.538. The smallest absolute Gasteiger partial charge is 0.240 e. The number of nitrogens with one attached hydrogen (secondary N) is 1. The van der Waals surface area contributed by atoms with E-state index >= 15 is 0 Å². The molecule has 0 spiro atoms. The highest BCUT2D eigenvalue weighted by Gasteiger charge is 2.12. The van der Waals surface area contributed by atoms with Gasteiger partial charge in [0.25, 0.3) is 0 Å². The lowest BCUT2D eigenvalue weighted by Gasteiger charge is -2.08. The Kier molecular flexibility index (Phi) is 5.78. The third-order valence-electron chi connectivity index (χ3n) is 2.48. The summed E-state index contributed by atoms with van der Waals surface area (Å²) < 4.78 is 31.0. The van der Waals surface area contributed by atoms with Gasteiger partial charge in [0.05, 0.1) is 11.5 Å². The zero-order valence-electron chi connectivity index (χ0n) is 11.1. The normalized spacial score (nSPS) is 12.0. The van der Waals surface area contributed by atoms with Gasteiger partial charge in [0.15, 0.2) is 0 Å². The minimum absolute atomic E-state index is 0.284. The van der Waals surface area contributed by atoms with Gasteiger partial charge < -0.3 is 4.74 Å². The summed E-state index contributed by atoms with van der Waals surface area (Å²) in [5, 5.41) is 0. The minimum Gasteiger partial charge on any atom is -0.383 e. The molecule has 0 aromatic heterocycles. The summed E-state index contributed by atoms with van der Waals surface area (Å²) in [6.07, 6.45) is 0.956. The number of sulfonamides is 1. The monoisotopic (exact) mass is 271 g/mol. The second-order valence-electron chi connectivity index (χ2n) is 4.63. The van der Waals surface area contributed by atoms with Gasteiger partial charge in [0.2, 0.25) is 10.0 Å². The molecule has 0 heterocycles. The highest BCUT2D eigenvalue weighted by molar-refractivity contribution is 7.89. The van der Waals surface area contributed by atoms with E-state index in [4.69, 9.17) is 4.74 Å². The topological polar surface area (TPSA) is 55.4 Å². The Morgan fingerprint density at radius 3 is 2.33 bits per heavy atom. The Bertz CT molecular complexity index is 452. The second-order valence-corrected chi connectivity index (χ2v) is 6.40. The van der Waals surface area contributed by atoms with Gasteiger partial charge in [-0.2, -0.15) is 0 Å². The molecule has 0 saturated heterocycles. The molecule has 1 aromatic rings. The molecule has 0 fully saturated rings. The molecule has 0 amide bonds. The van der Waals surface area contributed by atoms with Crippen LogP contribution in [0.4, 0.5) is 0 Å². The van der Waals surface area contributed by atoms with Crippen LogP contribution in [-0.2, 0) is 21.2 Å². The van der Waals surface area contributed by atoms with E-state index in [-0.39, 0.29) is 6.54 Å². The zero-order chi connectivity index (χ0) is 13.6. The van der Waals surface area contributed by atoms with E-state index in [2.05, 4.69) is 18.6 Å². The summed E-state index contributed by atoms with van der Waals surface area (Å²) in [7, 11) is -1.87. The fourth-order valence-electron chi connectivity index (χ4n) is 1.64. The molecule has 0 unspecified atom stereocenters. The molecule has 1 N–H and O–H groups in total. The van der Waals surface area contributed by atoms with Crippen molar-refractivity contribution >= 4 is 10.0 Å². The molecule has 18 heavy (non-hydrogen) atoms. The molecule has 0 aliphatic rings. The van der Waals surface area contributed by atoms with Gasteiger partial charge in [-0.05, 0) is 30.0 Å². The first-order chi connectivity index (χ1) is 8.45. The zero-order valence-corrected chi connectivity index (χ0v) is 12.0. The number of rotatable bonds is 7. The van der Waals surface area contributed by atoms with Crippen LogP contribution in [0.2, 0.25) is 0 Å². The molecular weight excluding hydrogens is 250 g/mol. The lowest BCUT2D eigenvalue weighted by molar-refractivity contribution is 0.204. The van der Waals surface area contributed by atoms with E-state index in [0.29, 0.717) is 17.4 Å². The Morgan fingerprint density at radius 1 is 1.22 bits per heavy atom. The minimum atomic E-state index is -3.41. The molecule has 0 saturated carbocycles. The van der Waals surface area contributed by atoms with Crippen LogP contribution in [0.1, 0.15) is 19.4 Å². The van der Waals surface area contributed by atoms with Gasteiger partial charge >= 0.3 is 0 Å². The summed E-state index contributed by atoms with van der Waals surface area (Å²) >= 11 is 0. The van der Waals surface area contributed by atoms with Crippen molar-refractivity contribution in [3.05, 3.63) is 29.8 Å². The molecule has 1 aromatic carbocycles. The summed E-state index contributed by atoms with van der Waals surface area (Å²) in [6, 6.07) is 7.02. The average molecular weight is 271 g/mol. The predicted octanol–water partition coefficient (Wildman–Crippen LogP) is 1.81. The Balaban J connectivity index is 2.71. The molecule has 4 nitrogen and oxygen atoms in total. The number of hydrogen-bond donors (Lipinski definition) is 1. The number of ether oxygens (including phenoxy) is 1. The van der Waals surface area contributed by atoms with Crippen molar-refractivity contribution in [3.63, 3.8) is 0 Å². The molecule has 1 rings (SSSR count). The van der Waals surface area contributed by atoms with Crippen molar-refractivity contribution in [1.29, 1.82) is 0 Å². The SMILES string of the molecule is COCCNS(=O)(=O)c1ccc(CC(C)C)cc1. The van der Waals surface area contributed by atoms with E-state index in [9.17, 15) is 8.42 Å². The van der Waals surface area contributed by atoms with Crippen molar-refractivity contribution in [1.82, 2.24) is 4.72 Å². The third-order valence-corrected chi connectivity index (χ3v) is 3.95. The van der Waals surface area contributed by atoms with Crippen LogP contribution >= 0.6 is 0 Å². The molecule has 0 atom stereocenters. The Morgan fingerprint density at radius 2 is 1.83 bits per heavy atom. The maximum atomic E-state index is 11.9. The van der Waals surface area contributed by atoms with E-state index in [1.807, 2.05) is 12.1 Å². The van der Waals surface area contributed by atoms with Gasteiger partial charge in [0, 0.05) is 13.7 Å². The van der Waals surface area contributed by atoms with Crippen LogP contribution < -0.4 is 4.72 Å². The van der Waals surface area contributed by atoms with Crippen molar-refractivity contribution in [2.75, 3.05) is 20.3 Å². The Labute approximate surface area is 109 Å². The third kappa shape index (κ3) is 4.76. The molecule has 0 aliphatic carbocycles. The van der Waals surface area contributed by atoms with Gasteiger partial charge in [-0.25, -0.2) is 13.1 Å².